The third-order valence-electron chi connectivity index (χ3n) is 2.25. The summed E-state index contributed by atoms with van der Waals surface area (Å²) in [5.74, 6) is 0. The molecule has 0 fully saturated rings. The Labute approximate surface area is 87.0 Å². The molecule has 0 aliphatic rings. The Kier molecular flexibility index (Phi) is 4.77. The summed E-state index contributed by atoms with van der Waals surface area (Å²) < 4.78 is 0. The van der Waals surface area contributed by atoms with Crippen molar-refractivity contribution in [3.05, 3.63) is 59.7 Å². The molecule has 0 nitrogen and oxygen atoms in total. The lowest BCUT2D eigenvalue weighted by Gasteiger charge is -2.03. The van der Waals surface area contributed by atoms with Crippen LogP contribution in [0.2, 0.25) is 0 Å². The molecular weight excluding hydrogens is 168 g/mol. The van der Waals surface area contributed by atoms with E-state index in [1.54, 1.807) is 0 Å². The van der Waals surface area contributed by atoms with Gasteiger partial charge in [0.2, 0.25) is 0 Å². The first kappa shape index (κ1) is 10.8. The van der Waals surface area contributed by atoms with Gasteiger partial charge < -0.3 is 0 Å². The van der Waals surface area contributed by atoms with E-state index in [9.17, 15) is 0 Å². The van der Waals surface area contributed by atoms with Gasteiger partial charge in [-0.05, 0) is 25.3 Å². The van der Waals surface area contributed by atoms with Gasteiger partial charge in [0.15, 0.2) is 0 Å². The molecule has 0 aliphatic carbocycles. The number of rotatable bonds is 4. The van der Waals surface area contributed by atoms with Crippen molar-refractivity contribution < 1.29 is 0 Å². The molecule has 0 saturated carbocycles. The highest BCUT2D eigenvalue weighted by Gasteiger charge is 1.95. The maximum absolute atomic E-state index is 2.22. The molecule has 14 heavy (non-hydrogen) atoms. The minimum atomic E-state index is 1.07. The Hall–Kier alpha value is -1.30. The molecular formula is C14H18. The molecule has 0 spiro atoms. The molecule has 0 N–H and O–H groups in total. The van der Waals surface area contributed by atoms with E-state index in [4.69, 9.17) is 0 Å². The first-order valence-corrected chi connectivity index (χ1v) is 5.21. The summed E-state index contributed by atoms with van der Waals surface area (Å²) in [5, 5.41) is 0. The fraction of sp³-hybridized carbons (Fsp3) is 0.286. The zero-order chi connectivity index (χ0) is 10.2. The maximum atomic E-state index is 2.22. The molecule has 0 unspecified atom stereocenters. The van der Waals surface area contributed by atoms with E-state index >= 15 is 0 Å². The molecule has 1 rings (SSSR count). The predicted octanol–water partition coefficient (Wildman–Crippen LogP) is 4.14. The van der Waals surface area contributed by atoms with Crippen molar-refractivity contribution in [3.63, 3.8) is 0 Å². The molecule has 0 aliphatic heterocycles. The van der Waals surface area contributed by atoms with Crippen LogP contribution in [0.4, 0.5) is 0 Å². The molecule has 0 saturated heterocycles. The van der Waals surface area contributed by atoms with Crippen LogP contribution >= 0.6 is 0 Å². The van der Waals surface area contributed by atoms with Crippen molar-refractivity contribution in [1.29, 1.82) is 0 Å². The second kappa shape index (κ2) is 6.20. The van der Waals surface area contributed by atoms with Crippen molar-refractivity contribution in [2.24, 2.45) is 0 Å². The first-order chi connectivity index (χ1) is 6.86. The van der Waals surface area contributed by atoms with Crippen LogP contribution in [0.5, 0.6) is 0 Å². The van der Waals surface area contributed by atoms with Gasteiger partial charge in [0, 0.05) is 0 Å². The zero-order valence-corrected chi connectivity index (χ0v) is 9.03. The fourth-order valence-corrected chi connectivity index (χ4v) is 1.39. The second-order valence-electron chi connectivity index (χ2n) is 3.37. The quantitative estimate of drug-likeness (QED) is 0.620. The number of allylic oxidation sites excluding steroid dienone is 4. The van der Waals surface area contributed by atoms with Crippen LogP contribution in [-0.2, 0) is 6.42 Å². The number of benzene rings is 1. The maximum Gasteiger partial charge on any atom is -0.00641 e. The summed E-state index contributed by atoms with van der Waals surface area (Å²) in [6, 6.07) is 10.6. The molecule has 1 aromatic carbocycles. The standard InChI is InChI=1S/C14H18/c1-3-5-9-13(4-2)12-14-10-7-6-8-11-14/h3,5-11H,4,12H2,1-2H3/b5-3-,13-9+. The minimum Gasteiger partial charge on any atom is -0.0877 e. The Morgan fingerprint density at radius 2 is 1.93 bits per heavy atom. The molecule has 0 aromatic heterocycles. The summed E-state index contributed by atoms with van der Waals surface area (Å²) in [7, 11) is 0. The van der Waals surface area contributed by atoms with Gasteiger partial charge in [-0.2, -0.15) is 0 Å². The van der Waals surface area contributed by atoms with Crippen LogP contribution in [0, 0.1) is 0 Å². The van der Waals surface area contributed by atoms with Gasteiger partial charge in [-0.15, -0.1) is 0 Å². The predicted molar refractivity (Wildman–Crippen MR) is 63.3 cm³/mol. The van der Waals surface area contributed by atoms with Crippen LogP contribution in [-0.4, -0.2) is 0 Å². The van der Waals surface area contributed by atoms with E-state index in [-0.39, 0.29) is 0 Å². The van der Waals surface area contributed by atoms with E-state index < -0.39 is 0 Å². The van der Waals surface area contributed by atoms with Gasteiger partial charge in [0.1, 0.15) is 0 Å². The normalized spacial score (nSPS) is 12.3. The zero-order valence-electron chi connectivity index (χ0n) is 9.03. The lowest BCUT2D eigenvalue weighted by molar-refractivity contribution is 1.00. The molecule has 0 amide bonds. The number of hydrogen-bond donors (Lipinski definition) is 0. The van der Waals surface area contributed by atoms with E-state index in [0.29, 0.717) is 0 Å². The third-order valence-corrected chi connectivity index (χ3v) is 2.25. The Morgan fingerprint density at radius 3 is 2.50 bits per heavy atom. The van der Waals surface area contributed by atoms with Crippen LogP contribution in [0.25, 0.3) is 0 Å². The lowest BCUT2D eigenvalue weighted by atomic mass is 10.0. The van der Waals surface area contributed by atoms with Gasteiger partial charge in [0.25, 0.3) is 0 Å². The summed E-state index contributed by atoms with van der Waals surface area (Å²) in [4.78, 5) is 0. The smallest absolute Gasteiger partial charge is 0.00641 e. The van der Waals surface area contributed by atoms with Crippen LogP contribution in [0.15, 0.2) is 54.1 Å². The summed E-state index contributed by atoms with van der Waals surface area (Å²) in [6.45, 7) is 4.25. The van der Waals surface area contributed by atoms with Crippen molar-refractivity contribution in [1.82, 2.24) is 0 Å². The molecule has 1 aromatic rings. The molecule has 0 bridgehead atoms. The van der Waals surface area contributed by atoms with Gasteiger partial charge in [0.05, 0.1) is 0 Å². The van der Waals surface area contributed by atoms with Crippen LogP contribution in [0.3, 0.4) is 0 Å². The first-order valence-electron chi connectivity index (χ1n) is 5.21. The van der Waals surface area contributed by atoms with E-state index in [1.165, 1.54) is 11.1 Å². The highest BCUT2D eigenvalue weighted by Crippen LogP contribution is 2.10. The lowest BCUT2D eigenvalue weighted by Crippen LogP contribution is -1.88. The van der Waals surface area contributed by atoms with Crippen LogP contribution in [0.1, 0.15) is 25.8 Å². The van der Waals surface area contributed by atoms with Gasteiger partial charge in [-0.3, -0.25) is 0 Å². The van der Waals surface area contributed by atoms with Crippen molar-refractivity contribution in [2.75, 3.05) is 0 Å². The Balaban J connectivity index is 2.66. The fourth-order valence-electron chi connectivity index (χ4n) is 1.39. The molecule has 0 heteroatoms. The average Bonchev–Trinajstić information content (AvgIpc) is 2.25. The van der Waals surface area contributed by atoms with Crippen molar-refractivity contribution in [3.8, 4) is 0 Å². The average molecular weight is 186 g/mol. The topological polar surface area (TPSA) is 0 Å². The molecule has 0 atom stereocenters. The molecule has 0 radical (unpaired) electrons. The van der Waals surface area contributed by atoms with E-state index in [1.807, 2.05) is 6.92 Å². The monoisotopic (exact) mass is 186 g/mol. The summed E-state index contributed by atoms with van der Waals surface area (Å²) >= 11 is 0. The van der Waals surface area contributed by atoms with Gasteiger partial charge >= 0.3 is 0 Å². The van der Waals surface area contributed by atoms with Gasteiger partial charge in [-0.25, -0.2) is 0 Å². The van der Waals surface area contributed by atoms with E-state index in [0.717, 1.165) is 12.8 Å². The molecule has 74 valence electrons. The summed E-state index contributed by atoms with van der Waals surface area (Å²) in [6.07, 6.45) is 8.59. The number of hydrogen-bond acceptors (Lipinski definition) is 0. The van der Waals surface area contributed by atoms with Crippen molar-refractivity contribution >= 4 is 0 Å². The highest BCUT2D eigenvalue weighted by atomic mass is 14.0. The minimum absolute atomic E-state index is 1.07. The molecule has 0 heterocycles. The van der Waals surface area contributed by atoms with Crippen molar-refractivity contribution in [2.45, 2.75) is 26.7 Å². The second-order valence-corrected chi connectivity index (χ2v) is 3.37. The van der Waals surface area contributed by atoms with Crippen LogP contribution < -0.4 is 0 Å². The summed E-state index contributed by atoms with van der Waals surface area (Å²) in [5.41, 5.74) is 2.87. The Bertz CT molecular complexity index is 304. The Morgan fingerprint density at radius 1 is 1.21 bits per heavy atom. The highest BCUT2D eigenvalue weighted by molar-refractivity contribution is 5.23. The largest absolute Gasteiger partial charge is 0.0877 e. The van der Waals surface area contributed by atoms with E-state index in [2.05, 4.69) is 55.5 Å². The SMILES string of the molecule is C/C=C\C=C(/CC)Cc1ccccc1. The third kappa shape index (κ3) is 3.61. The van der Waals surface area contributed by atoms with Gasteiger partial charge in [-0.1, -0.05) is 61.1 Å².